The number of fused-ring (bicyclic) bond motifs is 2. The van der Waals surface area contributed by atoms with Crippen molar-refractivity contribution >= 4 is 26.6 Å². The molecule has 1 N–H and O–H groups in total. The van der Waals surface area contributed by atoms with Gasteiger partial charge < -0.3 is 9.88 Å². The molecule has 128 valence electrons. The van der Waals surface area contributed by atoms with Crippen LogP contribution in [0.5, 0.6) is 0 Å². The van der Waals surface area contributed by atoms with Crippen LogP contribution < -0.4 is 0 Å². The van der Waals surface area contributed by atoms with E-state index in [0.29, 0.717) is 31.7 Å². The Labute approximate surface area is 142 Å². The van der Waals surface area contributed by atoms with Crippen molar-refractivity contribution in [2.75, 3.05) is 18.8 Å². The average molecular weight is 346 g/mol. The fraction of sp³-hybridized carbons (Fsp3) is 0.500. The van der Waals surface area contributed by atoms with Gasteiger partial charge in [0.05, 0.1) is 11.0 Å². The van der Waals surface area contributed by atoms with E-state index in [2.05, 4.69) is 11.1 Å². The van der Waals surface area contributed by atoms with Gasteiger partial charge in [0.25, 0.3) is 0 Å². The first-order valence-electron chi connectivity index (χ1n) is 8.59. The zero-order valence-corrected chi connectivity index (χ0v) is 14.4. The van der Waals surface area contributed by atoms with Crippen molar-refractivity contribution in [3.05, 3.63) is 36.0 Å². The summed E-state index contributed by atoms with van der Waals surface area (Å²) in [7, 11) is -2.97. The third-order valence-corrected chi connectivity index (χ3v) is 7.74. The topological polar surface area (TPSA) is 70.2 Å². The molecular weight excluding hydrogens is 324 g/mol. The molecule has 2 aliphatic heterocycles. The fourth-order valence-corrected chi connectivity index (χ4v) is 6.27. The normalized spacial score (nSPS) is 25.2. The van der Waals surface area contributed by atoms with Gasteiger partial charge in [-0.25, -0.2) is 8.42 Å². The lowest BCUT2D eigenvalue weighted by Gasteiger charge is -2.17. The van der Waals surface area contributed by atoms with Crippen LogP contribution in [0.25, 0.3) is 10.9 Å². The minimum Gasteiger partial charge on any atom is -0.361 e. The quantitative estimate of drug-likeness (QED) is 0.922. The maximum absolute atomic E-state index is 12.4. The van der Waals surface area contributed by atoms with E-state index in [-0.39, 0.29) is 17.1 Å². The van der Waals surface area contributed by atoms with Gasteiger partial charge in [-0.2, -0.15) is 0 Å². The smallest absolute Gasteiger partial charge is 0.222 e. The number of aryl methyl sites for hydroxylation is 1. The van der Waals surface area contributed by atoms with Crippen molar-refractivity contribution in [2.45, 2.75) is 30.9 Å². The minimum absolute atomic E-state index is 0.0967. The Balaban J connectivity index is 1.33. The van der Waals surface area contributed by atoms with Crippen molar-refractivity contribution in [1.29, 1.82) is 0 Å². The largest absolute Gasteiger partial charge is 0.361 e. The van der Waals surface area contributed by atoms with Gasteiger partial charge >= 0.3 is 0 Å². The lowest BCUT2D eigenvalue weighted by Crippen LogP contribution is -2.31. The average Bonchev–Trinajstić information content (AvgIpc) is 3.24. The molecule has 0 bridgehead atoms. The third kappa shape index (κ3) is 2.73. The summed E-state index contributed by atoms with van der Waals surface area (Å²) in [5.74, 6) is 0.553. The predicted molar refractivity (Wildman–Crippen MR) is 93.5 cm³/mol. The number of carbonyl (C=O) groups excluding carboxylic acids is 1. The van der Waals surface area contributed by atoms with E-state index in [4.69, 9.17) is 0 Å². The number of para-hydroxylation sites is 1. The Bertz CT molecular complexity index is 871. The van der Waals surface area contributed by atoms with E-state index in [9.17, 15) is 13.2 Å². The number of hydrogen-bond acceptors (Lipinski definition) is 3. The molecule has 24 heavy (non-hydrogen) atoms. The first-order valence-corrected chi connectivity index (χ1v) is 10.3. The molecule has 0 unspecified atom stereocenters. The molecule has 0 aliphatic carbocycles. The van der Waals surface area contributed by atoms with E-state index in [0.717, 1.165) is 18.4 Å². The van der Waals surface area contributed by atoms with E-state index in [1.807, 2.05) is 24.4 Å². The highest BCUT2D eigenvalue weighted by molar-refractivity contribution is 7.92. The molecule has 0 saturated carbocycles. The molecular formula is C18H22N2O3S. The number of carbonyl (C=O) groups is 1. The molecule has 1 aromatic carbocycles. The number of aromatic amines is 1. The van der Waals surface area contributed by atoms with E-state index < -0.39 is 9.84 Å². The molecule has 0 spiro atoms. The molecule has 2 aliphatic rings. The minimum atomic E-state index is -2.97. The van der Waals surface area contributed by atoms with Crippen LogP contribution in [0.3, 0.4) is 0 Å². The Morgan fingerprint density at radius 1 is 1.25 bits per heavy atom. The molecule has 1 aromatic heterocycles. The zero-order valence-electron chi connectivity index (χ0n) is 13.6. The second kappa shape index (κ2) is 5.92. The highest BCUT2D eigenvalue weighted by Gasteiger charge is 2.47. The van der Waals surface area contributed by atoms with E-state index in [1.54, 1.807) is 4.90 Å². The van der Waals surface area contributed by atoms with Crippen molar-refractivity contribution in [2.24, 2.45) is 5.92 Å². The van der Waals surface area contributed by atoms with Crippen molar-refractivity contribution in [1.82, 2.24) is 9.88 Å². The first kappa shape index (κ1) is 15.7. The summed E-state index contributed by atoms with van der Waals surface area (Å²) < 4.78 is 23.9. The van der Waals surface area contributed by atoms with Crippen LogP contribution in [0.4, 0.5) is 0 Å². The summed E-state index contributed by atoms with van der Waals surface area (Å²) in [6, 6.07) is 8.17. The second-order valence-corrected chi connectivity index (χ2v) is 9.31. The number of H-pyrrole nitrogens is 1. The number of nitrogens with one attached hydrogen (secondary N) is 1. The monoisotopic (exact) mass is 346 g/mol. The van der Waals surface area contributed by atoms with Crippen LogP contribution in [0, 0.1) is 5.92 Å². The van der Waals surface area contributed by atoms with Gasteiger partial charge in [0.1, 0.15) is 0 Å². The Kier molecular flexibility index (Phi) is 3.87. The Morgan fingerprint density at radius 3 is 2.92 bits per heavy atom. The predicted octanol–water partition coefficient (Wildman–Crippen LogP) is 2.14. The van der Waals surface area contributed by atoms with Crippen molar-refractivity contribution < 1.29 is 13.2 Å². The number of aromatic nitrogens is 1. The summed E-state index contributed by atoms with van der Waals surface area (Å²) in [6.45, 7) is 1.02. The molecule has 5 nitrogen and oxygen atoms in total. The van der Waals surface area contributed by atoms with Gasteiger partial charge in [0, 0.05) is 36.6 Å². The van der Waals surface area contributed by atoms with E-state index in [1.165, 1.54) is 10.9 Å². The van der Waals surface area contributed by atoms with Gasteiger partial charge in [0.2, 0.25) is 5.91 Å². The molecule has 2 saturated heterocycles. The standard InChI is InChI=1S/C18H22N2O3S/c21-18(20-11-14-8-9-24(22,23)17(14)12-20)7-3-4-13-10-19-16-6-2-1-5-15(13)16/h1-2,5-6,10,14,17,19H,3-4,7-9,11-12H2/t14-,17+/m0/s1. The number of nitrogens with zero attached hydrogens (tertiary/aromatic N) is 1. The van der Waals surface area contributed by atoms with Crippen LogP contribution in [-0.2, 0) is 21.1 Å². The van der Waals surface area contributed by atoms with Crippen molar-refractivity contribution in [3.8, 4) is 0 Å². The molecule has 3 heterocycles. The number of amides is 1. The second-order valence-electron chi connectivity index (χ2n) is 6.97. The molecule has 0 radical (unpaired) electrons. The summed E-state index contributed by atoms with van der Waals surface area (Å²) in [6.07, 6.45) is 4.86. The molecule has 4 rings (SSSR count). The first-order chi connectivity index (χ1) is 11.5. The number of benzene rings is 1. The van der Waals surface area contributed by atoms with Gasteiger partial charge in [-0.05, 0) is 36.8 Å². The molecule has 2 fully saturated rings. The third-order valence-electron chi connectivity index (χ3n) is 5.48. The number of rotatable bonds is 4. The lowest BCUT2D eigenvalue weighted by molar-refractivity contribution is -0.130. The maximum Gasteiger partial charge on any atom is 0.222 e. The van der Waals surface area contributed by atoms with Gasteiger partial charge in [-0.3, -0.25) is 4.79 Å². The Hall–Kier alpha value is -1.82. The van der Waals surface area contributed by atoms with Crippen LogP contribution in [-0.4, -0.2) is 48.3 Å². The SMILES string of the molecule is O=C(CCCc1c[nH]c2ccccc12)N1C[C@@H]2CCS(=O)(=O)[C@@H]2C1. The van der Waals surface area contributed by atoms with Crippen molar-refractivity contribution in [3.63, 3.8) is 0 Å². The lowest BCUT2D eigenvalue weighted by atomic mass is 10.1. The Morgan fingerprint density at radius 2 is 2.08 bits per heavy atom. The number of hydrogen-bond donors (Lipinski definition) is 1. The van der Waals surface area contributed by atoms with Gasteiger partial charge in [0.15, 0.2) is 9.84 Å². The van der Waals surface area contributed by atoms with Crippen LogP contribution in [0.2, 0.25) is 0 Å². The van der Waals surface area contributed by atoms with E-state index >= 15 is 0 Å². The molecule has 1 amide bonds. The zero-order chi connectivity index (χ0) is 16.7. The molecule has 6 heteroatoms. The van der Waals surface area contributed by atoms with Gasteiger partial charge in [-0.1, -0.05) is 18.2 Å². The molecule has 2 aromatic rings. The summed E-state index contributed by atoms with van der Waals surface area (Å²) in [5.41, 5.74) is 2.36. The van der Waals surface area contributed by atoms with Crippen LogP contribution in [0.1, 0.15) is 24.8 Å². The highest BCUT2D eigenvalue weighted by atomic mass is 32.2. The summed E-state index contributed by atoms with van der Waals surface area (Å²) in [4.78, 5) is 17.4. The van der Waals surface area contributed by atoms with Crippen LogP contribution >= 0.6 is 0 Å². The molecule has 2 atom stereocenters. The number of likely N-dealkylation sites (tertiary alicyclic amines) is 1. The highest BCUT2D eigenvalue weighted by Crippen LogP contribution is 2.33. The summed E-state index contributed by atoms with van der Waals surface area (Å²) >= 11 is 0. The van der Waals surface area contributed by atoms with Crippen LogP contribution in [0.15, 0.2) is 30.5 Å². The number of sulfone groups is 1. The fourth-order valence-electron chi connectivity index (χ4n) is 4.12. The summed E-state index contributed by atoms with van der Waals surface area (Å²) in [5, 5.41) is 0.904. The van der Waals surface area contributed by atoms with Gasteiger partial charge in [-0.15, -0.1) is 0 Å². The maximum atomic E-state index is 12.4.